The molecule has 0 spiro atoms. The van der Waals surface area contributed by atoms with E-state index in [1.165, 1.54) is 12.1 Å². The van der Waals surface area contributed by atoms with Crippen molar-refractivity contribution >= 4 is 5.91 Å². The van der Waals surface area contributed by atoms with Gasteiger partial charge in [0.15, 0.2) is 0 Å². The number of piperidine rings is 1. The molecule has 0 radical (unpaired) electrons. The summed E-state index contributed by atoms with van der Waals surface area (Å²) in [5, 5.41) is 3.12. The van der Waals surface area contributed by atoms with Crippen LogP contribution in [0.1, 0.15) is 28.8 Å². The maximum atomic E-state index is 13.4. The van der Waals surface area contributed by atoms with Gasteiger partial charge in [-0.25, -0.2) is 4.39 Å². The van der Waals surface area contributed by atoms with Crippen LogP contribution in [0, 0.1) is 5.82 Å². The third kappa shape index (κ3) is 5.87. The molecule has 0 saturated carbocycles. The van der Waals surface area contributed by atoms with Gasteiger partial charge < -0.3 is 14.8 Å². The number of rotatable bonds is 7. The summed E-state index contributed by atoms with van der Waals surface area (Å²) in [4.78, 5) is 19.4. The van der Waals surface area contributed by atoms with Gasteiger partial charge in [-0.1, -0.05) is 12.1 Å². The Balaban J connectivity index is 1.29. The van der Waals surface area contributed by atoms with E-state index in [-0.39, 0.29) is 17.8 Å². The van der Waals surface area contributed by atoms with Crippen LogP contribution in [0.2, 0.25) is 0 Å². The van der Waals surface area contributed by atoms with Gasteiger partial charge in [0.05, 0.1) is 25.5 Å². The molecule has 1 aliphatic heterocycles. The van der Waals surface area contributed by atoms with E-state index < -0.39 is 0 Å². The average molecular weight is 450 g/mol. The normalized spacial score (nSPS) is 14.6. The second kappa shape index (κ2) is 10.4. The summed E-state index contributed by atoms with van der Waals surface area (Å²) in [7, 11) is 3.30. The van der Waals surface area contributed by atoms with E-state index in [0.717, 1.165) is 49.5 Å². The van der Waals surface area contributed by atoms with Crippen LogP contribution < -0.4 is 14.8 Å². The van der Waals surface area contributed by atoms with Gasteiger partial charge in [0.25, 0.3) is 5.91 Å². The minimum Gasteiger partial charge on any atom is -0.497 e. The summed E-state index contributed by atoms with van der Waals surface area (Å²) in [6.07, 6.45) is 3.30. The van der Waals surface area contributed by atoms with Crippen LogP contribution >= 0.6 is 0 Å². The van der Waals surface area contributed by atoms with Gasteiger partial charge in [0.2, 0.25) is 0 Å². The lowest BCUT2D eigenvalue weighted by molar-refractivity contribution is 0.0908. The molecule has 0 atom stereocenters. The summed E-state index contributed by atoms with van der Waals surface area (Å²) in [5.41, 5.74) is 2.95. The number of nitrogens with zero attached hydrogens (tertiary/aromatic N) is 2. The molecule has 4 rings (SSSR count). The Bertz CT molecular complexity index is 1070. The van der Waals surface area contributed by atoms with Gasteiger partial charge in [-0.15, -0.1) is 0 Å². The lowest BCUT2D eigenvalue weighted by atomic mass is 10.0. The van der Waals surface area contributed by atoms with Crippen LogP contribution in [0.5, 0.6) is 11.5 Å². The Morgan fingerprint density at radius 2 is 1.79 bits per heavy atom. The van der Waals surface area contributed by atoms with Crippen molar-refractivity contribution in [2.24, 2.45) is 0 Å². The lowest BCUT2D eigenvalue weighted by Crippen LogP contribution is -2.44. The van der Waals surface area contributed by atoms with Crippen molar-refractivity contribution in [3.8, 4) is 22.8 Å². The smallest absolute Gasteiger partial charge is 0.253 e. The summed E-state index contributed by atoms with van der Waals surface area (Å²) >= 11 is 0. The zero-order valence-electron chi connectivity index (χ0n) is 18.9. The predicted octanol–water partition coefficient (Wildman–Crippen LogP) is 4.30. The SMILES string of the molecule is COc1cc(CN2CCC(NC(=O)c3ccc(-c4cccc(F)c4)nc3)CC2)cc(OC)c1. The molecule has 2 aromatic carbocycles. The molecule has 3 aromatic rings. The van der Waals surface area contributed by atoms with Gasteiger partial charge in [-0.3, -0.25) is 14.7 Å². The number of methoxy groups -OCH3 is 2. The van der Waals surface area contributed by atoms with Crippen LogP contribution in [0.3, 0.4) is 0 Å². The molecule has 1 amide bonds. The number of benzene rings is 2. The Morgan fingerprint density at radius 1 is 1.06 bits per heavy atom. The molecule has 6 nitrogen and oxygen atoms in total. The molecule has 7 heteroatoms. The Labute approximate surface area is 193 Å². The van der Waals surface area contributed by atoms with E-state index >= 15 is 0 Å². The molecular formula is C26H28FN3O3. The molecule has 0 bridgehead atoms. The molecule has 1 N–H and O–H groups in total. The topological polar surface area (TPSA) is 63.7 Å². The van der Waals surface area contributed by atoms with Crippen molar-refractivity contribution in [3.05, 3.63) is 77.7 Å². The van der Waals surface area contributed by atoms with Gasteiger partial charge in [0, 0.05) is 43.5 Å². The number of halogens is 1. The van der Waals surface area contributed by atoms with Crippen LogP contribution in [-0.4, -0.2) is 49.1 Å². The predicted molar refractivity (Wildman–Crippen MR) is 125 cm³/mol. The number of nitrogens with one attached hydrogen (secondary N) is 1. The highest BCUT2D eigenvalue weighted by molar-refractivity contribution is 5.94. The molecule has 33 heavy (non-hydrogen) atoms. The molecular weight excluding hydrogens is 421 g/mol. The van der Waals surface area contributed by atoms with E-state index in [9.17, 15) is 9.18 Å². The minimum atomic E-state index is -0.312. The first-order valence-corrected chi connectivity index (χ1v) is 11.0. The number of ether oxygens (including phenoxy) is 2. The molecule has 1 aromatic heterocycles. The Hall–Kier alpha value is -3.45. The maximum absolute atomic E-state index is 13.4. The lowest BCUT2D eigenvalue weighted by Gasteiger charge is -2.32. The standard InChI is InChI=1S/C26H28FN3O3/c1-32-23-12-18(13-24(15-23)33-2)17-30-10-8-22(9-11-30)29-26(31)20-6-7-25(28-16-20)19-4-3-5-21(27)14-19/h3-7,12-16,22H,8-11,17H2,1-2H3,(H,29,31). The fourth-order valence-electron chi connectivity index (χ4n) is 4.07. The van der Waals surface area contributed by atoms with E-state index in [1.807, 2.05) is 18.2 Å². The first kappa shape index (κ1) is 22.7. The van der Waals surface area contributed by atoms with Gasteiger partial charge in [-0.05, 0) is 54.8 Å². The molecule has 0 aliphatic carbocycles. The fourth-order valence-corrected chi connectivity index (χ4v) is 4.07. The van der Waals surface area contributed by atoms with E-state index in [0.29, 0.717) is 16.8 Å². The second-order valence-electron chi connectivity index (χ2n) is 8.19. The number of amides is 1. The number of carbonyl (C=O) groups excluding carboxylic acids is 1. The third-order valence-electron chi connectivity index (χ3n) is 5.89. The quantitative estimate of drug-likeness (QED) is 0.583. The van der Waals surface area contributed by atoms with Crippen LogP contribution in [0.4, 0.5) is 4.39 Å². The molecule has 1 aliphatic rings. The molecule has 1 fully saturated rings. The highest BCUT2D eigenvalue weighted by Crippen LogP contribution is 2.24. The van der Waals surface area contributed by atoms with Crippen molar-refractivity contribution in [2.45, 2.75) is 25.4 Å². The number of carbonyl (C=O) groups is 1. The second-order valence-corrected chi connectivity index (χ2v) is 8.19. The maximum Gasteiger partial charge on any atom is 0.253 e. The third-order valence-corrected chi connectivity index (χ3v) is 5.89. The van der Waals surface area contributed by atoms with Gasteiger partial charge in [0.1, 0.15) is 17.3 Å². The van der Waals surface area contributed by atoms with Crippen LogP contribution in [0.25, 0.3) is 11.3 Å². The zero-order chi connectivity index (χ0) is 23.2. The highest BCUT2D eigenvalue weighted by atomic mass is 19.1. The van der Waals surface area contributed by atoms with E-state index in [2.05, 4.69) is 15.2 Å². The minimum absolute atomic E-state index is 0.122. The molecule has 1 saturated heterocycles. The average Bonchev–Trinajstić information content (AvgIpc) is 2.85. The highest BCUT2D eigenvalue weighted by Gasteiger charge is 2.22. The molecule has 172 valence electrons. The summed E-state index contributed by atoms with van der Waals surface area (Å²) in [5.74, 6) is 1.12. The van der Waals surface area contributed by atoms with E-state index in [1.54, 1.807) is 44.7 Å². The number of aromatic nitrogens is 1. The van der Waals surface area contributed by atoms with Crippen molar-refractivity contribution < 1.29 is 18.7 Å². The van der Waals surface area contributed by atoms with Crippen molar-refractivity contribution in [1.82, 2.24) is 15.2 Å². The summed E-state index contributed by atoms with van der Waals surface area (Å²) in [6.45, 7) is 2.59. The largest absolute Gasteiger partial charge is 0.497 e. The number of hydrogen-bond acceptors (Lipinski definition) is 5. The fraction of sp³-hybridized carbons (Fsp3) is 0.308. The monoisotopic (exact) mass is 449 g/mol. The van der Waals surface area contributed by atoms with Crippen molar-refractivity contribution in [3.63, 3.8) is 0 Å². The van der Waals surface area contributed by atoms with Crippen molar-refractivity contribution in [2.75, 3.05) is 27.3 Å². The number of likely N-dealkylation sites (tertiary alicyclic amines) is 1. The Morgan fingerprint density at radius 3 is 2.39 bits per heavy atom. The van der Waals surface area contributed by atoms with Crippen LogP contribution in [0.15, 0.2) is 60.8 Å². The van der Waals surface area contributed by atoms with Gasteiger partial charge >= 0.3 is 0 Å². The first-order chi connectivity index (χ1) is 16.0. The van der Waals surface area contributed by atoms with E-state index in [4.69, 9.17) is 9.47 Å². The number of pyridine rings is 1. The van der Waals surface area contributed by atoms with Crippen molar-refractivity contribution in [1.29, 1.82) is 0 Å². The summed E-state index contributed by atoms with van der Waals surface area (Å²) < 4.78 is 24.2. The molecule has 0 unspecified atom stereocenters. The Kier molecular flexibility index (Phi) is 7.19. The first-order valence-electron chi connectivity index (χ1n) is 11.0. The summed E-state index contributed by atoms with van der Waals surface area (Å²) in [6, 6.07) is 15.8. The number of hydrogen-bond donors (Lipinski definition) is 1. The van der Waals surface area contributed by atoms with Gasteiger partial charge in [-0.2, -0.15) is 0 Å². The van der Waals surface area contributed by atoms with Crippen LogP contribution in [-0.2, 0) is 6.54 Å². The molecule has 2 heterocycles. The zero-order valence-corrected chi connectivity index (χ0v) is 18.9.